The number of nitrogens with zero attached hydrogens (tertiary/aromatic N) is 1. The first-order valence-electron chi connectivity index (χ1n) is 10.8. The van der Waals surface area contributed by atoms with Gasteiger partial charge in [0.25, 0.3) is 0 Å². The van der Waals surface area contributed by atoms with Crippen molar-refractivity contribution in [1.29, 1.82) is 0 Å². The maximum absolute atomic E-state index is 14.4. The summed E-state index contributed by atoms with van der Waals surface area (Å²) in [6, 6.07) is 15.1. The fraction of sp³-hybridized carbons (Fsp3) is 0.231. The van der Waals surface area contributed by atoms with Crippen molar-refractivity contribution in [3.05, 3.63) is 89.5 Å². The van der Waals surface area contributed by atoms with Crippen LogP contribution in [0, 0.1) is 17.6 Å². The summed E-state index contributed by atoms with van der Waals surface area (Å²) in [6.07, 6.45) is -4.76. The zero-order valence-corrected chi connectivity index (χ0v) is 18.5. The van der Waals surface area contributed by atoms with E-state index in [2.05, 4.69) is 9.73 Å². The Bertz CT molecular complexity index is 1220. The first kappa shape index (κ1) is 24.4. The lowest BCUT2D eigenvalue weighted by Crippen LogP contribution is -2.22. The molecule has 3 aromatic rings. The van der Waals surface area contributed by atoms with Crippen LogP contribution in [0.25, 0.3) is 11.1 Å². The van der Waals surface area contributed by atoms with Gasteiger partial charge in [0.05, 0.1) is 24.1 Å². The number of hydrogen-bond donors (Lipinski definition) is 0. The number of aliphatic imine (C=N–C) groups is 1. The molecular weight excluding hydrogens is 469 g/mol. The molecule has 4 rings (SSSR count). The van der Waals surface area contributed by atoms with Crippen molar-refractivity contribution < 1.29 is 36.2 Å². The highest BCUT2D eigenvalue weighted by Crippen LogP contribution is 2.39. The second-order valence-electron chi connectivity index (χ2n) is 7.87. The van der Waals surface area contributed by atoms with Gasteiger partial charge >= 0.3 is 12.3 Å². The molecule has 1 aliphatic heterocycles. The molecule has 0 aliphatic carbocycles. The third-order valence-corrected chi connectivity index (χ3v) is 5.60. The van der Waals surface area contributed by atoms with Gasteiger partial charge in [-0.3, -0.25) is 9.79 Å². The quantitative estimate of drug-likeness (QED) is 0.288. The predicted molar refractivity (Wildman–Crippen MR) is 119 cm³/mol. The average molecular weight is 489 g/mol. The van der Waals surface area contributed by atoms with Crippen molar-refractivity contribution in [2.45, 2.75) is 25.7 Å². The van der Waals surface area contributed by atoms with Crippen molar-refractivity contribution in [3.63, 3.8) is 0 Å². The lowest BCUT2D eigenvalue weighted by Gasteiger charge is -2.17. The Morgan fingerprint density at radius 1 is 0.943 bits per heavy atom. The molecule has 1 heterocycles. The van der Waals surface area contributed by atoms with Gasteiger partial charge in [0, 0.05) is 12.1 Å². The standard InChI is InChI=1S/C26H20F5NO3/c1-2-34-25(33)19-14-22(23-20(27)4-3-5-21(23)28)32-24(19)17-8-6-15(7-9-17)16-10-12-18(13-11-16)35-26(29,30)31/h3-13,19,24H,2,14H2,1H3/t19-,24+/m1/s1. The molecule has 4 nitrogen and oxygen atoms in total. The minimum absolute atomic E-state index is 0.0176. The number of ether oxygens (including phenoxy) is 2. The Labute approximate surface area is 198 Å². The molecule has 3 aromatic carbocycles. The van der Waals surface area contributed by atoms with Crippen LogP contribution in [0.3, 0.4) is 0 Å². The largest absolute Gasteiger partial charge is 0.573 e. The van der Waals surface area contributed by atoms with Crippen LogP contribution in [-0.2, 0) is 9.53 Å². The molecule has 0 spiro atoms. The third-order valence-electron chi connectivity index (χ3n) is 5.60. The van der Waals surface area contributed by atoms with Crippen LogP contribution >= 0.6 is 0 Å². The van der Waals surface area contributed by atoms with Crippen LogP contribution < -0.4 is 4.74 Å². The van der Waals surface area contributed by atoms with Crippen LogP contribution in [-0.4, -0.2) is 24.7 Å². The monoisotopic (exact) mass is 489 g/mol. The Morgan fingerprint density at radius 3 is 2.06 bits per heavy atom. The Hall–Kier alpha value is -3.75. The summed E-state index contributed by atoms with van der Waals surface area (Å²) in [7, 11) is 0. The molecular formula is C26H20F5NO3. The fourth-order valence-electron chi connectivity index (χ4n) is 4.06. The summed E-state index contributed by atoms with van der Waals surface area (Å²) in [5, 5.41) is 0. The number of alkyl halides is 3. The highest BCUT2D eigenvalue weighted by atomic mass is 19.4. The summed E-state index contributed by atoms with van der Waals surface area (Å²) >= 11 is 0. The molecule has 0 amide bonds. The highest BCUT2D eigenvalue weighted by molar-refractivity contribution is 6.04. The first-order valence-corrected chi connectivity index (χ1v) is 10.8. The van der Waals surface area contributed by atoms with E-state index in [0.717, 1.165) is 12.1 Å². The summed E-state index contributed by atoms with van der Waals surface area (Å²) in [5.41, 5.74) is 1.88. The SMILES string of the molecule is CCOC(=O)[C@@H]1CC(c2c(F)cccc2F)=N[C@H]1c1ccc(-c2ccc(OC(F)(F)F)cc2)cc1. The van der Waals surface area contributed by atoms with Crippen LogP contribution in [0.4, 0.5) is 22.0 Å². The van der Waals surface area contributed by atoms with Crippen molar-refractivity contribution >= 4 is 11.7 Å². The van der Waals surface area contributed by atoms with Gasteiger partial charge in [-0.1, -0.05) is 42.5 Å². The zero-order valence-electron chi connectivity index (χ0n) is 18.5. The molecule has 0 saturated carbocycles. The van der Waals surface area contributed by atoms with E-state index >= 15 is 0 Å². The van der Waals surface area contributed by atoms with E-state index in [9.17, 15) is 26.7 Å². The van der Waals surface area contributed by atoms with E-state index in [4.69, 9.17) is 4.74 Å². The molecule has 0 radical (unpaired) electrons. The molecule has 0 N–H and O–H groups in total. The minimum atomic E-state index is -4.77. The second-order valence-corrected chi connectivity index (χ2v) is 7.87. The van der Waals surface area contributed by atoms with Crippen LogP contribution in [0.5, 0.6) is 5.75 Å². The van der Waals surface area contributed by atoms with E-state index < -0.39 is 35.9 Å². The molecule has 0 bridgehead atoms. The van der Waals surface area contributed by atoms with Crippen molar-refractivity contribution in [3.8, 4) is 16.9 Å². The summed E-state index contributed by atoms with van der Waals surface area (Å²) in [4.78, 5) is 17.1. The Morgan fingerprint density at radius 2 is 1.51 bits per heavy atom. The van der Waals surface area contributed by atoms with Gasteiger partial charge < -0.3 is 9.47 Å². The number of carbonyl (C=O) groups is 1. The molecule has 0 saturated heterocycles. The van der Waals surface area contributed by atoms with Crippen LogP contribution in [0.2, 0.25) is 0 Å². The highest BCUT2D eigenvalue weighted by Gasteiger charge is 2.38. The second kappa shape index (κ2) is 9.85. The maximum atomic E-state index is 14.4. The van der Waals surface area contributed by atoms with E-state index in [0.29, 0.717) is 16.7 Å². The number of hydrogen-bond acceptors (Lipinski definition) is 4. The molecule has 1 aliphatic rings. The number of esters is 1. The molecule has 2 atom stereocenters. The smallest absolute Gasteiger partial charge is 0.466 e. The first-order chi connectivity index (χ1) is 16.7. The number of benzene rings is 3. The normalized spacial score (nSPS) is 17.7. The number of halogens is 5. The van der Waals surface area contributed by atoms with Gasteiger partial charge in [0.2, 0.25) is 0 Å². The Kier molecular flexibility index (Phi) is 6.86. The minimum Gasteiger partial charge on any atom is -0.466 e. The molecule has 0 aromatic heterocycles. The lowest BCUT2D eigenvalue weighted by molar-refractivity contribution is -0.274. The van der Waals surface area contributed by atoms with Gasteiger partial charge in [-0.2, -0.15) is 0 Å². The summed E-state index contributed by atoms with van der Waals surface area (Å²) in [6.45, 7) is 1.82. The summed E-state index contributed by atoms with van der Waals surface area (Å²) in [5.74, 6) is -3.13. The van der Waals surface area contributed by atoms with Gasteiger partial charge in [-0.05, 0) is 47.9 Å². The van der Waals surface area contributed by atoms with E-state index in [1.165, 1.54) is 30.3 Å². The summed E-state index contributed by atoms with van der Waals surface area (Å²) < 4.78 is 74.9. The van der Waals surface area contributed by atoms with Gasteiger partial charge in [0.1, 0.15) is 17.4 Å². The van der Waals surface area contributed by atoms with Crippen molar-refractivity contribution in [2.75, 3.05) is 6.61 Å². The number of carbonyl (C=O) groups excluding carboxylic acids is 1. The van der Waals surface area contributed by atoms with E-state index in [-0.39, 0.29) is 30.1 Å². The molecule has 35 heavy (non-hydrogen) atoms. The molecule has 0 fully saturated rings. The van der Waals surface area contributed by atoms with E-state index in [1.807, 2.05) is 0 Å². The zero-order chi connectivity index (χ0) is 25.2. The molecule has 0 unspecified atom stereocenters. The van der Waals surface area contributed by atoms with Gasteiger partial charge in [-0.25, -0.2) is 8.78 Å². The van der Waals surface area contributed by atoms with Crippen LogP contribution in [0.15, 0.2) is 71.7 Å². The molecule has 182 valence electrons. The van der Waals surface area contributed by atoms with Crippen molar-refractivity contribution in [1.82, 2.24) is 0 Å². The Balaban J connectivity index is 1.62. The average Bonchev–Trinajstić information content (AvgIpc) is 3.24. The molecule has 9 heteroatoms. The predicted octanol–water partition coefficient (Wildman–Crippen LogP) is 6.64. The van der Waals surface area contributed by atoms with Gasteiger partial charge in [0.15, 0.2) is 0 Å². The van der Waals surface area contributed by atoms with Crippen molar-refractivity contribution in [2.24, 2.45) is 10.9 Å². The topological polar surface area (TPSA) is 47.9 Å². The third kappa shape index (κ3) is 5.50. The fourth-order valence-corrected chi connectivity index (χ4v) is 4.06. The lowest BCUT2D eigenvalue weighted by atomic mass is 9.90. The maximum Gasteiger partial charge on any atom is 0.573 e. The number of rotatable bonds is 6. The van der Waals surface area contributed by atoms with E-state index in [1.54, 1.807) is 31.2 Å². The van der Waals surface area contributed by atoms with Gasteiger partial charge in [-0.15, -0.1) is 13.2 Å². The van der Waals surface area contributed by atoms with Crippen LogP contribution in [0.1, 0.15) is 30.5 Å².